The van der Waals surface area contributed by atoms with Gasteiger partial charge in [0.1, 0.15) is 5.75 Å². The van der Waals surface area contributed by atoms with E-state index in [4.69, 9.17) is 4.74 Å². The van der Waals surface area contributed by atoms with E-state index in [9.17, 15) is 4.79 Å². The van der Waals surface area contributed by atoms with Crippen LogP contribution in [-0.4, -0.2) is 12.1 Å². The van der Waals surface area contributed by atoms with E-state index < -0.39 is 0 Å². The van der Waals surface area contributed by atoms with Crippen molar-refractivity contribution in [3.05, 3.63) is 58.1 Å². The van der Waals surface area contributed by atoms with Gasteiger partial charge in [-0.05, 0) is 82.7 Å². The number of carbonyl (C=O) groups is 1. The molecule has 0 amide bonds. The second-order valence-corrected chi connectivity index (χ2v) is 8.48. The van der Waals surface area contributed by atoms with Crippen molar-refractivity contribution in [1.29, 1.82) is 0 Å². The topological polar surface area (TPSA) is 26.3 Å². The van der Waals surface area contributed by atoms with Crippen LogP contribution in [0.4, 0.5) is 0 Å². The molecule has 2 nitrogen and oxygen atoms in total. The minimum absolute atomic E-state index is 0. The van der Waals surface area contributed by atoms with Gasteiger partial charge < -0.3 is 4.74 Å². The van der Waals surface area contributed by atoms with Gasteiger partial charge in [-0.25, -0.2) is 0 Å². The molecule has 0 radical (unpaired) electrons. The molecule has 0 saturated carbocycles. The Kier molecular flexibility index (Phi) is 9.12. The Bertz CT molecular complexity index is 746. The van der Waals surface area contributed by atoms with Crippen LogP contribution in [0.25, 0.3) is 0 Å². The molecule has 1 atom stereocenters. The molecule has 2 rings (SSSR count). The third-order valence-electron chi connectivity index (χ3n) is 4.31. The van der Waals surface area contributed by atoms with Crippen molar-refractivity contribution in [2.45, 2.75) is 48.0 Å². The molecule has 26 heavy (non-hydrogen) atoms. The number of hydrogen-bond acceptors (Lipinski definition) is 2. The first-order valence-corrected chi connectivity index (χ1v) is 9.90. The average molecular weight is 363 g/mol. The molecule has 0 N–H and O–H groups in total. The summed E-state index contributed by atoms with van der Waals surface area (Å²) in [5.74, 6) is 1.53. The minimum atomic E-state index is 0. The molecule has 2 aromatic rings. The van der Waals surface area contributed by atoms with Crippen LogP contribution in [0.5, 0.6) is 5.75 Å². The van der Waals surface area contributed by atoms with Gasteiger partial charge in [0.05, 0.1) is 6.61 Å². The molecule has 134 valence electrons. The fourth-order valence-corrected chi connectivity index (χ4v) is 4.20. The summed E-state index contributed by atoms with van der Waals surface area (Å²) < 4.78 is 5.81. The van der Waals surface area contributed by atoms with Crippen LogP contribution < -0.4 is 28.9 Å². The van der Waals surface area contributed by atoms with E-state index in [1.165, 1.54) is 5.56 Å². The molecule has 2 aromatic carbocycles. The molecule has 0 heterocycles. The molecule has 0 aromatic heterocycles. The predicted octanol–water partition coefficient (Wildman–Crippen LogP) is 2.49. The van der Waals surface area contributed by atoms with Crippen molar-refractivity contribution in [1.82, 2.24) is 0 Å². The maximum atomic E-state index is 12.8. The summed E-state index contributed by atoms with van der Waals surface area (Å²) >= 11 is 0. The first-order chi connectivity index (χ1) is 11.8. The van der Waals surface area contributed by atoms with Crippen molar-refractivity contribution in [3.8, 4) is 5.75 Å². The van der Waals surface area contributed by atoms with Crippen molar-refractivity contribution in [3.63, 3.8) is 0 Å². The van der Waals surface area contributed by atoms with Gasteiger partial charge in [-0.3, -0.25) is 4.79 Å². The zero-order valence-corrected chi connectivity index (χ0v) is 18.2. The van der Waals surface area contributed by atoms with Gasteiger partial charge in [0.15, 0.2) is 5.52 Å². The Morgan fingerprint density at radius 2 is 1.62 bits per heavy atom. The van der Waals surface area contributed by atoms with Crippen LogP contribution in [0.15, 0.2) is 30.3 Å². The Morgan fingerprint density at radius 1 is 1.00 bits per heavy atom. The van der Waals surface area contributed by atoms with Crippen LogP contribution >= 0.6 is 8.58 Å². The largest absolute Gasteiger partial charge is 1.00 e. The Labute approximate surface area is 172 Å². The van der Waals surface area contributed by atoms with Crippen LogP contribution in [0.1, 0.15) is 52.9 Å². The monoisotopic (exact) mass is 363 g/mol. The van der Waals surface area contributed by atoms with Crippen LogP contribution in [-0.2, 0) is 0 Å². The molecule has 0 saturated heterocycles. The SMILES string of the molecule is Cc1cc(C)c(C(=O)Pc2ccc(OCCC(C)C)cc2C)c(C)c1.[Li+]. The summed E-state index contributed by atoms with van der Waals surface area (Å²) in [6, 6.07) is 10.2. The fraction of sp³-hybridized carbons (Fsp3) is 0.409. The van der Waals surface area contributed by atoms with E-state index in [-0.39, 0.29) is 33.0 Å². The van der Waals surface area contributed by atoms with Gasteiger partial charge in [0.25, 0.3) is 0 Å². The van der Waals surface area contributed by atoms with Gasteiger partial charge in [0.2, 0.25) is 0 Å². The van der Waals surface area contributed by atoms with Gasteiger partial charge in [0, 0.05) is 5.56 Å². The van der Waals surface area contributed by atoms with Gasteiger partial charge in [-0.1, -0.05) is 37.6 Å². The number of benzene rings is 2. The summed E-state index contributed by atoms with van der Waals surface area (Å²) in [4.78, 5) is 12.8. The Morgan fingerprint density at radius 3 is 2.15 bits per heavy atom. The maximum Gasteiger partial charge on any atom is 1.00 e. The average Bonchev–Trinajstić information content (AvgIpc) is 2.48. The van der Waals surface area contributed by atoms with Crippen molar-refractivity contribution >= 4 is 19.4 Å². The van der Waals surface area contributed by atoms with Gasteiger partial charge in [-0.15, -0.1) is 0 Å². The third kappa shape index (κ3) is 6.28. The Hall–Kier alpha value is -1.06. The van der Waals surface area contributed by atoms with E-state index >= 15 is 0 Å². The fourth-order valence-electron chi connectivity index (χ4n) is 3.00. The van der Waals surface area contributed by atoms with Gasteiger partial charge in [-0.2, -0.15) is 0 Å². The zero-order chi connectivity index (χ0) is 18.6. The molecule has 0 bridgehead atoms. The molecule has 0 fully saturated rings. The van der Waals surface area contributed by atoms with Crippen molar-refractivity contribution in [2.24, 2.45) is 5.92 Å². The second kappa shape index (κ2) is 10.3. The number of aryl methyl sites for hydroxylation is 4. The van der Waals surface area contributed by atoms with Crippen molar-refractivity contribution < 1.29 is 28.4 Å². The first kappa shape index (κ1) is 23.0. The second-order valence-electron chi connectivity index (χ2n) is 7.24. The molecule has 0 spiro atoms. The number of rotatable bonds is 7. The Balaban J connectivity index is 0.00000338. The van der Waals surface area contributed by atoms with E-state index in [0.717, 1.165) is 46.3 Å². The molecular weight excluding hydrogens is 334 g/mol. The van der Waals surface area contributed by atoms with E-state index in [2.05, 4.69) is 39.8 Å². The van der Waals surface area contributed by atoms with E-state index in [0.29, 0.717) is 5.92 Å². The normalized spacial score (nSPS) is 11.0. The van der Waals surface area contributed by atoms with Crippen LogP contribution in [0, 0.1) is 33.6 Å². The summed E-state index contributed by atoms with van der Waals surface area (Å²) in [7, 11) is 0.144. The molecule has 4 heteroatoms. The molecule has 0 aliphatic heterocycles. The maximum absolute atomic E-state index is 12.8. The quantitative estimate of drug-likeness (QED) is 0.558. The van der Waals surface area contributed by atoms with Gasteiger partial charge >= 0.3 is 18.9 Å². The summed E-state index contributed by atoms with van der Waals surface area (Å²) in [6.07, 6.45) is 1.05. The molecular formula is C22H29LiO2P+. The van der Waals surface area contributed by atoms with Crippen LogP contribution in [0.2, 0.25) is 0 Å². The minimum Gasteiger partial charge on any atom is -0.494 e. The third-order valence-corrected chi connectivity index (χ3v) is 5.62. The van der Waals surface area contributed by atoms with Crippen LogP contribution in [0.3, 0.4) is 0 Å². The molecule has 0 aliphatic rings. The van der Waals surface area contributed by atoms with Crippen molar-refractivity contribution in [2.75, 3.05) is 6.61 Å². The summed E-state index contributed by atoms with van der Waals surface area (Å²) in [6.45, 7) is 13.3. The zero-order valence-electron chi connectivity index (χ0n) is 17.2. The van der Waals surface area contributed by atoms with E-state index in [1.54, 1.807) is 0 Å². The molecule has 0 aliphatic carbocycles. The number of carbonyl (C=O) groups excluding carboxylic acids is 1. The number of hydrogen-bond donors (Lipinski definition) is 0. The first-order valence-electron chi connectivity index (χ1n) is 8.90. The number of ether oxygens (including phenoxy) is 1. The standard InChI is InChI=1S/C22H29O2P.Li/c1-14(2)9-10-24-19-7-8-20(16(4)13-19)25-22(23)21-17(5)11-15(3)12-18(21)6;/h7-8,11-14,25H,9-10H2,1-6H3;/q;+1. The predicted molar refractivity (Wildman–Crippen MR) is 109 cm³/mol. The smallest absolute Gasteiger partial charge is 0.494 e. The summed E-state index contributed by atoms with van der Waals surface area (Å²) in [5, 5.41) is 1.10. The van der Waals surface area contributed by atoms with E-state index in [1.807, 2.05) is 32.0 Å². The summed E-state index contributed by atoms with van der Waals surface area (Å²) in [5.41, 5.74) is 5.56. The molecule has 1 unspecified atom stereocenters.